The first-order chi connectivity index (χ1) is 22.4. The Kier molecular flexibility index (Phi) is 15.9. The first kappa shape index (κ1) is 41.1. The van der Waals surface area contributed by atoms with E-state index < -0.39 is 64.9 Å². The van der Waals surface area contributed by atoms with Gasteiger partial charge in [0.2, 0.25) is 0 Å². The lowest BCUT2D eigenvalue weighted by Crippen LogP contribution is -2.43. The van der Waals surface area contributed by atoms with E-state index in [4.69, 9.17) is 24.1 Å². The molecule has 2 amide bonds. The lowest BCUT2D eigenvalue weighted by atomic mass is 9.84. The number of amides is 2. The maximum Gasteiger partial charge on any atom is 0.405 e. The number of aliphatic hydroxyl groups excluding tert-OH is 2. The molecule has 0 radical (unpaired) electrons. The molecule has 0 aromatic carbocycles. The van der Waals surface area contributed by atoms with Crippen LogP contribution in [0.15, 0.2) is 58.5 Å². The summed E-state index contributed by atoms with van der Waals surface area (Å²) in [6, 6.07) is 0. The summed E-state index contributed by atoms with van der Waals surface area (Å²) in [5, 5.41) is 28.4. The number of carbonyl (C=O) groups excluding carboxylic acids is 2. The van der Waals surface area contributed by atoms with Gasteiger partial charge in [-0.25, -0.2) is 8.98 Å². The van der Waals surface area contributed by atoms with Gasteiger partial charge in [-0.2, -0.15) is 8.42 Å². The molecule has 48 heavy (non-hydrogen) atoms. The number of rotatable bonds is 9. The normalized spacial score (nSPS) is 32.8. The summed E-state index contributed by atoms with van der Waals surface area (Å²) < 4.78 is 55.8. The van der Waals surface area contributed by atoms with Gasteiger partial charge < -0.3 is 45.7 Å². The van der Waals surface area contributed by atoms with E-state index in [0.717, 1.165) is 0 Å². The standard InChI is InChI=1S/C32H52N4O11S/c1-18-14-22-27(34-12-13-36(5)6)24(37)17-23(30(22)47-48(41,42)43)35-31(39)19(2)10-9-11-25(44-7)29(46-32(33)40)21(4)16-20(3)28(38)26(15-18)45-8/h9-11,16-18,20,24-26,28-30,34,37-38H,12-15H2,1-8H3,(H2,33,40)(H,35,39)(H,41,42,43)/b11-9-,19-10+,21-16+/t18-,20+,24?,25+,26+,28-,29+,30?/m1/s1. The average molecular weight is 701 g/mol. The van der Waals surface area contributed by atoms with Crippen molar-refractivity contribution in [2.24, 2.45) is 17.6 Å². The van der Waals surface area contributed by atoms with Crippen LogP contribution in [0, 0.1) is 11.8 Å². The zero-order chi connectivity index (χ0) is 36.3. The lowest BCUT2D eigenvalue weighted by molar-refractivity contribution is -0.117. The van der Waals surface area contributed by atoms with Crippen molar-refractivity contribution < 1.29 is 51.2 Å². The smallest absolute Gasteiger partial charge is 0.405 e. The number of hydrogen-bond donors (Lipinski definition) is 6. The van der Waals surface area contributed by atoms with E-state index in [1.807, 2.05) is 25.9 Å². The lowest BCUT2D eigenvalue weighted by Gasteiger charge is -2.34. The molecular weight excluding hydrogens is 648 g/mol. The average Bonchev–Trinajstić information content (AvgIpc) is 2.98. The number of nitrogens with one attached hydrogen (secondary N) is 2. The maximum atomic E-state index is 13.3. The van der Waals surface area contributed by atoms with Gasteiger partial charge in [0.1, 0.15) is 18.3 Å². The minimum absolute atomic E-state index is 0.0957. The molecule has 8 atom stereocenters. The second kappa shape index (κ2) is 18.6. The fourth-order valence-corrected chi connectivity index (χ4v) is 6.15. The highest BCUT2D eigenvalue weighted by molar-refractivity contribution is 7.80. The van der Waals surface area contributed by atoms with Gasteiger partial charge in [-0.1, -0.05) is 38.2 Å². The number of ether oxygens (including phenoxy) is 3. The zero-order valence-electron chi connectivity index (χ0n) is 28.9. The van der Waals surface area contributed by atoms with Crippen molar-refractivity contribution in [3.63, 3.8) is 0 Å². The van der Waals surface area contributed by atoms with Crippen LogP contribution < -0.4 is 16.4 Å². The summed E-state index contributed by atoms with van der Waals surface area (Å²) in [6.07, 6.45) is 0.537. The third-order valence-electron chi connectivity index (χ3n) is 8.15. The second-order valence-corrected chi connectivity index (χ2v) is 13.5. The van der Waals surface area contributed by atoms with Crippen molar-refractivity contribution in [1.82, 2.24) is 15.5 Å². The van der Waals surface area contributed by atoms with Crippen LogP contribution in [-0.2, 0) is 33.6 Å². The van der Waals surface area contributed by atoms with E-state index in [1.165, 1.54) is 39.4 Å². The van der Waals surface area contributed by atoms with Gasteiger partial charge in [-0.05, 0) is 63.9 Å². The number of primary amides is 1. The Bertz CT molecular complexity index is 1390. The number of allylic oxidation sites excluding steroid dienone is 2. The fraction of sp³-hybridized carbons (Fsp3) is 0.625. The number of likely N-dealkylation sites (N-methyl/N-ethyl adjacent to an activating group) is 1. The van der Waals surface area contributed by atoms with E-state index in [9.17, 15) is 32.8 Å². The quantitative estimate of drug-likeness (QED) is 0.148. The molecule has 7 N–H and O–H groups in total. The molecule has 2 aliphatic rings. The number of nitrogens with two attached hydrogens (primary N) is 1. The van der Waals surface area contributed by atoms with E-state index in [1.54, 1.807) is 26.0 Å². The molecule has 0 fully saturated rings. The third-order valence-corrected chi connectivity index (χ3v) is 8.58. The van der Waals surface area contributed by atoms with Crippen molar-refractivity contribution in [2.45, 2.75) is 77.2 Å². The largest absolute Gasteiger partial charge is 0.439 e. The summed E-state index contributed by atoms with van der Waals surface area (Å²) in [4.78, 5) is 27.0. The number of aliphatic hydroxyl groups is 2. The minimum atomic E-state index is -5.05. The Morgan fingerprint density at radius 2 is 1.81 bits per heavy atom. The van der Waals surface area contributed by atoms with Crippen LogP contribution in [0.5, 0.6) is 0 Å². The van der Waals surface area contributed by atoms with Crippen molar-refractivity contribution in [3.8, 4) is 0 Å². The Hall–Kier alpha value is -3.09. The number of carbonyl (C=O) groups is 2. The Morgan fingerprint density at radius 3 is 2.38 bits per heavy atom. The van der Waals surface area contributed by atoms with Crippen molar-refractivity contribution in [1.29, 1.82) is 0 Å². The van der Waals surface area contributed by atoms with Gasteiger partial charge in [0, 0.05) is 44.5 Å². The highest BCUT2D eigenvalue weighted by atomic mass is 32.3. The molecule has 0 spiro atoms. The monoisotopic (exact) mass is 700 g/mol. The van der Waals surface area contributed by atoms with Crippen molar-refractivity contribution in [2.75, 3.05) is 41.4 Å². The zero-order valence-corrected chi connectivity index (χ0v) is 29.7. The van der Waals surface area contributed by atoms with Crippen LogP contribution in [0.2, 0.25) is 0 Å². The molecule has 0 saturated heterocycles. The van der Waals surface area contributed by atoms with Crippen molar-refractivity contribution in [3.05, 3.63) is 58.5 Å². The molecule has 272 valence electrons. The Morgan fingerprint density at radius 1 is 1.15 bits per heavy atom. The van der Waals surface area contributed by atoms with Gasteiger partial charge in [-0.3, -0.25) is 9.35 Å². The molecule has 0 aromatic rings. The molecular formula is C32H52N4O11S. The third kappa shape index (κ3) is 12.4. The SMILES string of the molecule is CO[C@H]1/C=C\C=C(/C)C(=O)NC2=CC(O)C(NCCN(C)C)=C(C[C@@H](C)C[C@H](OC)[C@H](O)[C@@H](C)/C=C(\C)[C@@H]1OC(N)=O)C2OS(=O)(=O)O. The van der Waals surface area contributed by atoms with Gasteiger partial charge in [0.25, 0.3) is 5.91 Å². The molecule has 2 unspecified atom stereocenters. The number of hydrogen-bond acceptors (Lipinski definition) is 12. The summed E-state index contributed by atoms with van der Waals surface area (Å²) in [6.45, 7) is 7.80. The predicted molar refractivity (Wildman–Crippen MR) is 179 cm³/mol. The van der Waals surface area contributed by atoms with Crippen LogP contribution in [0.25, 0.3) is 0 Å². The minimum Gasteiger partial charge on any atom is -0.439 e. The van der Waals surface area contributed by atoms with Crippen LogP contribution in [0.1, 0.15) is 40.5 Å². The molecule has 1 aliphatic carbocycles. The summed E-state index contributed by atoms with van der Waals surface area (Å²) in [5.41, 5.74) is 6.54. The number of methoxy groups -OCH3 is 2. The summed E-state index contributed by atoms with van der Waals surface area (Å²) in [7, 11) is 1.55. The van der Waals surface area contributed by atoms with Gasteiger partial charge in [0.15, 0.2) is 6.10 Å². The summed E-state index contributed by atoms with van der Waals surface area (Å²) in [5.74, 6) is -1.46. The first-order valence-electron chi connectivity index (χ1n) is 15.6. The molecule has 2 rings (SSSR count). The van der Waals surface area contributed by atoms with E-state index in [-0.39, 0.29) is 41.3 Å². The highest BCUT2D eigenvalue weighted by Crippen LogP contribution is 2.34. The van der Waals surface area contributed by atoms with E-state index in [0.29, 0.717) is 18.7 Å². The fourth-order valence-electron chi connectivity index (χ4n) is 5.69. The highest BCUT2D eigenvalue weighted by Gasteiger charge is 2.37. The van der Waals surface area contributed by atoms with Crippen molar-refractivity contribution >= 4 is 22.4 Å². The molecule has 15 nitrogen and oxygen atoms in total. The van der Waals surface area contributed by atoms with Gasteiger partial charge in [0.05, 0.1) is 17.9 Å². The van der Waals surface area contributed by atoms with Crippen LogP contribution in [0.3, 0.4) is 0 Å². The van der Waals surface area contributed by atoms with E-state index >= 15 is 0 Å². The molecule has 1 aliphatic heterocycles. The first-order valence-corrected chi connectivity index (χ1v) is 17.0. The van der Waals surface area contributed by atoms with Crippen LogP contribution in [0.4, 0.5) is 4.79 Å². The molecule has 0 saturated carbocycles. The topological polar surface area (TPSA) is 219 Å². The predicted octanol–water partition coefficient (Wildman–Crippen LogP) is 1.32. The summed E-state index contributed by atoms with van der Waals surface area (Å²) >= 11 is 0. The molecule has 16 heteroatoms. The molecule has 2 bridgehead atoms. The van der Waals surface area contributed by atoms with Gasteiger partial charge >= 0.3 is 16.5 Å². The Labute approximate surface area is 283 Å². The Balaban J connectivity index is 2.74. The molecule has 1 heterocycles. The molecule has 0 aromatic heterocycles. The van der Waals surface area contributed by atoms with Crippen LogP contribution >= 0.6 is 0 Å². The van der Waals surface area contributed by atoms with E-state index in [2.05, 4.69) is 10.6 Å². The number of nitrogens with zero attached hydrogens (tertiary/aromatic N) is 1. The number of fused-ring (bicyclic) bond motifs is 2. The second-order valence-electron chi connectivity index (χ2n) is 12.5. The van der Waals surface area contributed by atoms with Crippen LogP contribution in [-0.4, -0.2) is 118 Å². The maximum absolute atomic E-state index is 13.3. The van der Waals surface area contributed by atoms with Gasteiger partial charge in [-0.15, -0.1) is 0 Å².